The molecule has 0 N–H and O–H groups in total. The quantitative estimate of drug-likeness (QED) is 0.185. The SMILES string of the molecule is CCC1(COCC2CC3CC(SCCCCC(F)(F)C(F)(F)C(F)(F)C(F)(F)F)C2C3)COC1. The van der Waals surface area contributed by atoms with Crippen LogP contribution in [0.25, 0.3) is 0 Å². The van der Waals surface area contributed by atoms with Gasteiger partial charge in [0.2, 0.25) is 0 Å². The standard InChI is InChI=1S/C22H31F9O2S/c1-2-18(12-33-13-18)11-32-10-15-7-14-8-16(15)17(9-14)34-6-4-3-5-19(23,24)20(25,26)21(27,28)22(29,30)31/h14-17H,2-13H2,1H3. The molecular weight excluding hydrogens is 499 g/mol. The van der Waals surface area contributed by atoms with Crippen molar-refractivity contribution in [1.82, 2.24) is 0 Å². The molecule has 200 valence electrons. The highest BCUT2D eigenvalue weighted by Crippen LogP contribution is 2.55. The largest absolute Gasteiger partial charge is 0.460 e. The fourth-order valence-electron chi connectivity index (χ4n) is 5.27. The lowest BCUT2D eigenvalue weighted by Crippen LogP contribution is -2.60. The summed E-state index contributed by atoms with van der Waals surface area (Å²) >= 11 is 1.54. The van der Waals surface area contributed by atoms with Gasteiger partial charge >= 0.3 is 23.9 Å². The van der Waals surface area contributed by atoms with Crippen LogP contribution in [0.1, 0.15) is 51.9 Å². The molecule has 0 aromatic carbocycles. The number of alkyl halides is 9. The fraction of sp³-hybridized carbons (Fsp3) is 1.00. The highest BCUT2D eigenvalue weighted by molar-refractivity contribution is 7.99. The van der Waals surface area contributed by atoms with E-state index in [-0.39, 0.29) is 17.1 Å². The summed E-state index contributed by atoms with van der Waals surface area (Å²) in [4.78, 5) is 0. The van der Waals surface area contributed by atoms with Crippen molar-refractivity contribution in [2.24, 2.45) is 23.2 Å². The second-order valence-electron chi connectivity index (χ2n) is 10.1. The summed E-state index contributed by atoms with van der Waals surface area (Å²) < 4.78 is 128. The maximum Gasteiger partial charge on any atom is 0.460 e. The Kier molecular flexibility index (Phi) is 8.45. The van der Waals surface area contributed by atoms with E-state index in [1.54, 1.807) is 11.8 Å². The van der Waals surface area contributed by atoms with Crippen LogP contribution in [0.5, 0.6) is 0 Å². The second kappa shape index (κ2) is 10.2. The molecule has 0 aromatic heterocycles. The molecule has 3 aliphatic rings. The van der Waals surface area contributed by atoms with Gasteiger partial charge in [-0.05, 0) is 62.0 Å². The van der Waals surface area contributed by atoms with Crippen molar-refractivity contribution in [1.29, 1.82) is 0 Å². The first kappa shape index (κ1) is 28.2. The molecule has 2 aliphatic carbocycles. The minimum absolute atomic E-state index is 0.0298. The Bertz CT molecular complexity index is 676. The molecule has 0 aromatic rings. The molecule has 0 radical (unpaired) electrons. The number of hydrogen-bond donors (Lipinski definition) is 0. The molecule has 12 heteroatoms. The monoisotopic (exact) mass is 530 g/mol. The average Bonchev–Trinajstić information content (AvgIpc) is 3.28. The molecule has 3 fully saturated rings. The fourth-order valence-corrected chi connectivity index (χ4v) is 6.93. The second-order valence-corrected chi connectivity index (χ2v) is 11.4. The van der Waals surface area contributed by atoms with Crippen molar-refractivity contribution in [3.8, 4) is 0 Å². The number of unbranched alkanes of at least 4 members (excludes halogenated alkanes) is 1. The first-order chi connectivity index (χ1) is 15.7. The van der Waals surface area contributed by atoms with Gasteiger partial charge in [0.25, 0.3) is 0 Å². The van der Waals surface area contributed by atoms with Crippen molar-refractivity contribution in [2.45, 2.75) is 81.1 Å². The van der Waals surface area contributed by atoms with Crippen molar-refractivity contribution in [3.63, 3.8) is 0 Å². The summed E-state index contributed by atoms with van der Waals surface area (Å²) in [6.45, 7) is 4.82. The van der Waals surface area contributed by atoms with Gasteiger partial charge in [-0.25, -0.2) is 0 Å². The molecule has 2 nitrogen and oxygen atoms in total. The molecule has 4 unspecified atom stereocenters. The lowest BCUT2D eigenvalue weighted by Gasteiger charge is -2.41. The smallest absolute Gasteiger partial charge is 0.380 e. The topological polar surface area (TPSA) is 18.5 Å². The van der Waals surface area contributed by atoms with Crippen LogP contribution >= 0.6 is 11.8 Å². The average molecular weight is 531 g/mol. The minimum atomic E-state index is -6.80. The van der Waals surface area contributed by atoms with Gasteiger partial charge in [0, 0.05) is 23.7 Å². The summed E-state index contributed by atoms with van der Waals surface area (Å²) in [7, 11) is 0. The molecule has 0 spiro atoms. The Morgan fingerprint density at radius 3 is 2.12 bits per heavy atom. The first-order valence-corrected chi connectivity index (χ1v) is 12.7. The normalized spacial score (nSPS) is 29.5. The summed E-state index contributed by atoms with van der Waals surface area (Å²) in [5.74, 6) is -17.0. The Hall–Kier alpha value is -0.360. The van der Waals surface area contributed by atoms with Crippen LogP contribution in [-0.2, 0) is 9.47 Å². The third kappa shape index (κ3) is 5.48. The van der Waals surface area contributed by atoms with Crippen LogP contribution < -0.4 is 0 Å². The van der Waals surface area contributed by atoms with Crippen LogP contribution in [-0.4, -0.2) is 61.4 Å². The van der Waals surface area contributed by atoms with Crippen molar-refractivity contribution < 1.29 is 49.0 Å². The molecule has 0 amide bonds. The third-order valence-corrected chi connectivity index (χ3v) is 9.12. The van der Waals surface area contributed by atoms with Crippen LogP contribution in [0.15, 0.2) is 0 Å². The maximum atomic E-state index is 13.6. The highest BCUT2D eigenvalue weighted by Gasteiger charge is 2.81. The zero-order chi connectivity index (χ0) is 25.4. The molecule has 2 bridgehead atoms. The van der Waals surface area contributed by atoms with Crippen LogP contribution in [0.2, 0.25) is 0 Å². The summed E-state index contributed by atoms with van der Waals surface area (Å²) in [6.07, 6.45) is -4.94. The molecular formula is C22H31F9O2S. The van der Waals surface area contributed by atoms with Gasteiger partial charge in [-0.3, -0.25) is 0 Å². The van der Waals surface area contributed by atoms with E-state index >= 15 is 0 Å². The third-order valence-electron chi connectivity index (χ3n) is 7.62. The van der Waals surface area contributed by atoms with Crippen LogP contribution in [0.4, 0.5) is 39.5 Å². The lowest BCUT2D eigenvalue weighted by atomic mass is 9.84. The lowest BCUT2D eigenvalue weighted by molar-refractivity contribution is -0.396. The van der Waals surface area contributed by atoms with Gasteiger partial charge in [0.15, 0.2) is 0 Å². The van der Waals surface area contributed by atoms with Gasteiger partial charge in [0.1, 0.15) is 0 Å². The van der Waals surface area contributed by atoms with Crippen molar-refractivity contribution >= 4 is 11.8 Å². The minimum Gasteiger partial charge on any atom is -0.380 e. The van der Waals surface area contributed by atoms with Crippen molar-refractivity contribution in [3.05, 3.63) is 0 Å². The first-order valence-electron chi connectivity index (χ1n) is 11.6. The van der Waals surface area contributed by atoms with E-state index in [1.807, 2.05) is 0 Å². The number of thioether (sulfide) groups is 1. The Morgan fingerprint density at radius 1 is 0.912 bits per heavy atom. The molecule has 1 saturated heterocycles. The van der Waals surface area contributed by atoms with E-state index in [9.17, 15) is 39.5 Å². The van der Waals surface area contributed by atoms with E-state index in [2.05, 4.69) is 6.92 Å². The number of fused-ring (bicyclic) bond motifs is 2. The van der Waals surface area contributed by atoms with E-state index in [1.165, 1.54) is 0 Å². The number of halogens is 9. The zero-order valence-corrected chi connectivity index (χ0v) is 19.7. The molecule has 2 saturated carbocycles. The van der Waals surface area contributed by atoms with E-state index in [0.29, 0.717) is 49.9 Å². The van der Waals surface area contributed by atoms with Crippen LogP contribution in [0, 0.1) is 23.2 Å². The number of ether oxygens (including phenoxy) is 2. The van der Waals surface area contributed by atoms with Gasteiger partial charge < -0.3 is 9.47 Å². The van der Waals surface area contributed by atoms with Gasteiger partial charge in [-0.15, -0.1) is 0 Å². The number of rotatable bonds is 13. The predicted octanol–water partition coefficient (Wildman–Crippen LogP) is 7.22. The Morgan fingerprint density at radius 2 is 1.59 bits per heavy atom. The van der Waals surface area contributed by atoms with Crippen LogP contribution in [0.3, 0.4) is 0 Å². The van der Waals surface area contributed by atoms with E-state index in [0.717, 1.165) is 25.7 Å². The van der Waals surface area contributed by atoms with Gasteiger partial charge in [0.05, 0.1) is 19.8 Å². The Balaban J connectivity index is 1.38. The predicted molar refractivity (Wildman–Crippen MR) is 110 cm³/mol. The Labute approximate surface area is 197 Å². The zero-order valence-electron chi connectivity index (χ0n) is 18.9. The molecule has 3 rings (SSSR count). The molecule has 34 heavy (non-hydrogen) atoms. The molecule has 1 aliphatic heterocycles. The summed E-state index contributed by atoms with van der Waals surface area (Å²) in [5, 5.41) is 0.288. The highest BCUT2D eigenvalue weighted by atomic mass is 32.2. The number of hydrogen-bond acceptors (Lipinski definition) is 3. The maximum absolute atomic E-state index is 13.6. The van der Waals surface area contributed by atoms with Gasteiger partial charge in [-0.2, -0.15) is 51.3 Å². The van der Waals surface area contributed by atoms with Gasteiger partial charge in [-0.1, -0.05) is 6.92 Å². The van der Waals surface area contributed by atoms with E-state index < -0.39 is 36.8 Å². The van der Waals surface area contributed by atoms with E-state index in [4.69, 9.17) is 9.47 Å². The summed E-state index contributed by atoms with van der Waals surface area (Å²) in [6, 6.07) is 0. The summed E-state index contributed by atoms with van der Waals surface area (Å²) in [5.41, 5.74) is 0.106. The van der Waals surface area contributed by atoms with Crippen molar-refractivity contribution in [2.75, 3.05) is 32.2 Å². The molecule has 4 atom stereocenters. The molecule has 1 heterocycles.